The lowest BCUT2D eigenvalue weighted by atomic mass is 9.43. The van der Waals surface area contributed by atoms with Crippen molar-refractivity contribution >= 4 is 5.97 Å². The van der Waals surface area contributed by atoms with Crippen LogP contribution in [0.5, 0.6) is 0 Å². The van der Waals surface area contributed by atoms with Gasteiger partial charge in [-0.15, -0.1) is 0 Å². The zero-order chi connectivity index (χ0) is 32.6. The lowest BCUT2D eigenvalue weighted by molar-refractivity contribution is -0.169. The smallest absolute Gasteiger partial charge is 0.308 e. The van der Waals surface area contributed by atoms with Gasteiger partial charge in [-0.3, -0.25) is 4.79 Å². The Balaban J connectivity index is 1.04. The number of hydrogen-bond donors (Lipinski definition) is 5. The Hall–Kier alpha value is -0.730. The number of hydrogen-bond acceptors (Lipinski definition) is 7. The molecular weight excluding hydrogens is 572 g/mol. The van der Waals surface area contributed by atoms with Crippen molar-refractivity contribution in [3.8, 4) is 0 Å². The molecule has 5 saturated carbocycles. The second kappa shape index (κ2) is 17.3. The highest BCUT2D eigenvalue weighted by molar-refractivity contribution is 5.72. The Bertz CT molecular complexity index is 929. The highest BCUT2D eigenvalue weighted by atomic mass is 16.5. The maximum atomic E-state index is 12.8. The van der Waals surface area contributed by atoms with Crippen molar-refractivity contribution in [2.45, 2.75) is 142 Å². The van der Waals surface area contributed by atoms with E-state index < -0.39 is 0 Å². The SMILES string of the molecule is C[C@@H](COC(=O)C1CCCCC1)C1CCC2C3C(CC[C@@]21C)[C@@]1(C)CC[C@H](NCCCNCCCCNCCCN)C[C@@H]1C[C@@H]3O. The standard InChI is InChI=1S/C39H72N4O3/c1-28(27-46-37(45)29-11-5-4-6-12-29)32-13-14-33-36-34(16-18-39(32,33)3)38(2)17-15-31(25-30(38)26-35(36)44)43-24-10-23-42-21-8-7-20-41-22-9-19-40/h28-36,41-44H,4-27,40H2,1-3H3/t28-,30+,31-,32?,33?,34?,35-,36?,38-,39+/m0/s1. The van der Waals surface area contributed by atoms with Gasteiger partial charge in [0.05, 0.1) is 18.6 Å². The molecule has 0 amide bonds. The van der Waals surface area contributed by atoms with Gasteiger partial charge in [0.2, 0.25) is 0 Å². The van der Waals surface area contributed by atoms with Gasteiger partial charge < -0.3 is 31.5 Å². The van der Waals surface area contributed by atoms with E-state index in [-0.39, 0.29) is 23.4 Å². The molecule has 266 valence electrons. The number of carbonyl (C=O) groups is 1. The second-order valence-electron chi connectivity index (χ2n) is 17.1. The molecule has 4 unspecified atom stereocenters. The summed E-state index contributed by atoms with van der Waals surface area (Å²) in [5.41, 5.74) is 6.17. The zero-order valence-corrected chi connectivity index (χ0v) is 30.0. The minimum Gasteiger partial charge on any atom is -0.465 e. The third-order valence-electron chi connectivity index (χ3n) is 14.3. The lowest BCUT2D eigenvalue weighted by Gasteiger charge is -2.62. The molecule has 0 radical (unpaired) electrons. The monoisotopic (exact) mass is 645 g/mol. The van der Waals surface area contributed by atoms with Crippen LogP contribution in [0, 0.1) is 52.3 Å². The summed E-state index contributed by atoms with van der Waals surface area (Å²) < 4.78 is 5.98. The molecule has 5 aliphatic carbocycles. The molecule has 46 heavy (non-hydrogen) atoms. The lowest BCUT2D eigenvalue weighted by Crippen LogP contribution is -2.59. The largest absolute Gasteiger partial charge is 0.465 e. The summed E-state index contributed by atoms with van der Waals surface area (Å²) in [6.07, 6.45) is 20.0. The summed E-state index contributed by atoms with van der Waals surface area (Å²) in [7, 11) is 0. The molecule has 5 fully saturated rings. The Morgan fingerprint density at radius 1 is 0.826 bits per heavy atom. The molecule has 0 spiro atoms. The highest BCUT2D eigenvalue weighted by Gasteiger charge is 2.63. The number of nitrogens with two attached hydrogens (primary N) is 1. The predicted octanol–water partition coefficient (Wildman–Crippen LogP) is 6.03. The van der Waals surface area contributed by atoms with E-state index in [9.17, 15) is 9.90 Å². The molecule has 6 N–H and O–H groups in total. The summed E-state index contributed by atoms with van der Waals surface area (Å²) in [4.78, 5) is 12.8. The minimum absolute atomic E-state index is 0.0622. The first-order valence-electron chi connectivity index (χ1n) is 20.0. The van der Waals surface area contributed by atoms with Crippen LogP contribution in [0.3, 0.4) is 0 Å². The van der Waals surface area contributed by atoms with Crippen LogP contribution < -0.4 is 21.7 Å². The molecule has 0 heterocycles. The molecule has 7 nitrogen and oxygen atoms in total. The van der Waals surface area contributed by atoms with E-state index in [0.29, 0.717) is 53.6 Å². The average Bonchev–Trinajstić information content (AvgIpc) is 3.42. The molecule has 0 aromatic carbocycles. The molecule has 0 aromatic heterocycles. The molecule has 0 aromatic rings. The van der Waals surface area contributed by atoms with Crippen molar-refractivity contribution in [2.24, 2.45) is 58.0 Å². The predicted molar refractivity (Wildman–Crippen MR) is 188 cm³/mol. The van der Waals surface area contributed by atoms with Crippen molar-refractivity contribution in [3.05, 3.63) is 0 Å². The van der Waals surface area contributed by atoms with E-state index in [0.717, 1.165) is 65.0 Å². The van der Waals surface area contributed by atoms with Crippen molar-refractivity contribution in [3.63, 3.8) is 0 Å². The normalized spacial score (nSPS) is 38.5. The Labute approximate surface area is 282 Å². The van der Waals surface area contributed by atoms with Crippen LogP contribution in [0.1, 0.15) is 130 Å². The number of unbranched alkanes of at least 4 members (excludes halogenated alkanes) is 1. The third kappa shape index (κ3) is 8.52. The fourth-order valence-electron chi connectivity index (χ4n) is 11.7. The molecule has 7 heteroatoms. The Morgan fingerprint density at radius 3 is 2.24 bits per heavy atom. The van der Waals surface area contributed by atoms with Crippen LogP contribution in [0.4, 0.5) is 0 Å². The maximum absolute atomic E-state index is 12.8. The van der Waals surface area contributed by atoms with Gasteiger partial charge in [-0.25, -0.2) is 0 Å². The van der Waals surface area contributed by atoms with Crippen molar-refractivity contribution in [1.29, 1.82) is 0 Å². The summed E-state index contributed by atoms with van der Waals surface area (Å²) in [5.74, 6) is 3.52. The first-order valence-corrected chi connectivity index (χ1v) is 20.0. The Kier molecular flexibility index (Phi) is 13.7. The summed E-state index contributed by atoms with van der Waals surface area (Å²) in [6.45, 7) is 14.3. The van der Waals surface area contributed by atoms with Gasteiger partial charge >= 0.3 is 5.97 Å². The topological polar surface area (TPSA) is 109 Å². The van der Waals surface area contributed by atoms with Crippen LogP contribution in [-0.4, -0.2) is 69.1 Å². The number of carbonyl (C=O) groups excluding carboxylic acids is 1. The number of ether oxygens (including phenoxy) is 1. The second-order valence-corrected chi connectivity index (χ2v) is 17.1. The van der Waals surface area contributed by atoms with Crippen LogP contribution in [0.2, 0.25) is 0 Å². The third-order valence-corrected chi connectivity index (χ3v) is 14.3. The van der Waals surface area contributed by atoms with Gasteiger partial charge in [0, 0.05) is 6.04 Å². The molecule has 0 bridgehead atoms. The number of esters is 1. The highest BCUT2D eigenvalue weighted by Crippen LogP contribution is 2.68. The van der Waals surface area contributed by atoms with Gasteiger partial charge in [-0.05, 0) is 175 Å². The molecular formula is C39H72N4O3. The quantitative estimate of drug-likeness (QED) is 0.0972. The van der Waals surface area contributed by atoms with E-state index >= 15 is 0 Å². The average molecular weight is 645 g/mol. The van der Waals surface area contributed by atoms with E-state index in [1.165, 1.54) is 83.5 Å². The van der Waals surface area contributed by atoms with Gasteiger partial charge in [0.15, 0.2) is 0 Å². The minimum atomic E-state index is -0.162. The van der Waals surface area contributed by atoms with E-state index in [1.54, 1.807) is 0 Å². The van der Waals surface area contributed by atoms with Crippen LogP contribution >= 0.6 is 0 Å². The summed E-state index contributed by atoms with van der Waals surface area (Å²) in [6, 6.07) is 0.600. The van der Waals surface area contributed by atoms with Gasteiger partial charge in [0.1, 0.15) is 0 Å². The molecule has 0 aliphatic heterocycles. The first-order chi connectivity index (χ1) is 22.3. The van der Waals surface area contributed by atoms with Crippen molar-refractivity contribution in [2.75, 3.05) is 45.9 Å². The van der Waals surface area contributed by atoms with Crippen LogP contribution in [0.15, 0.2) is 0 Å². The summed E-state index contributed by atoms with van der Waals surface area (Å²) >= 11 is 0. The maximum Gasteiger partial charge on any atom is 0.308 e. The summed E-state index contributed by atoms with van der Waals surface area (Å²) in [5, 5.41) is 22.8. The molecule has 0 saturated heterocycles. The van der Waals surface area contributed by atoms with Crippen LogP contribution in [-0.2, 0) is 9.53 Å². The van der Waals surface area contributed by atoms with Crippen LogP contribution in [0.25, 0.3) is 0 Å². The fourth-order valence-corrected chi connectivity index (χ4v) is 11.7. The van der Waals surface area contributed by atoms with Crippen molar-refractivity contribution in [1.82, 2.24) is 16.0 Å². The number of aliphatic hydroxyl groups excluding tert-OH is 1. The fraction of sp³-hybridized carbons (Fsp3) is 0.974. The first kappa shape index (κ1) is 36.5. The Morgan fingerprint density at radius 2 is 1.50 bits per heavy atom. The number of nitrogens with one attached hydrogen (secondary N) is 3. The van der Waals surface area contributed by atoms with Crippen molar-refractivity contribution < 1.29 is 14.6 Å². The van der Waals surface area contributed by atoms with E-state index in [1.807, 2.05) is 0 Å². The van der Waals surface area contributed by atoms with Gasteiger partial charge in [-0.1, -0.05) is 40.0 Å². The molecule has 5 rings (SSSR count). The molecule has 5 aliphatic rings. The van der Waals surface area contributed by atoms with Gasteiger partial charge in [-0.2, -0.15) is 0 Å². The number of aliphatic hydroxyl groups is 1. The number of rotatable bonds is 17. The zero-order valence-electron chi connectivity index (χ0n) is 30.0. The van der Waals surface area contributed by atoms with E-state index in [4.69, 9.17) is 10.5 Å². The number of fused-ring (bicyclic) bond motifs is 5. The van der Waals surface area contributed by atoms with Gasteiger partial charge in [0.25, 0.3) is 0 Å². The van der Waals surface area contributed by atoms with E-state index in [2.05, 4.69) is 36.7 Å². The molecule has 10 atom stereocenters.